The highest BCUT2D eigenvalue weighted by molar-refractivity contribution is 6.30. The van der Waals surface area contributed by atoms with Crippen molar-refractivity contribution in [2.45, 2.75) is 38.3 Å². The third-order valence-corrected chi connectivity index (χ3v) is 4.98. The fraction of sp³-hybridized carbons (Fsp3) is 0.429. The predicted octanol–water partition coefficient (Wildman–Crippen LogP) is 2.96. The van der Waals surface area contributed by atoms with Gasteiger partial charge < -0.3 is 26.7 Å². The van der Waals surface area contributed by atoms with Gasteiger partial charge in [0.25, 0.3) is 0 Å². The summed E-state index contributed by atoms with van der Waals surface area (Å²) in [6.07, 6.45) is 5.23. The molecule has 0 saturated heterocycles. The third-order valence-electron chi connectivity index (χ3n) is 4.73. The monoisotopic (exact) mass is 423 g/mol. The van der Waals surface area contributed by atoms with Gasteiger partial charge in [0.2, 0.25) is 0 Å². The van der Waals surface area contributed by atoms with Crippen LogP contribution in [0.15, 0.2) is 52.7 Å². The molecule has 0 unspecified atom stereocenters. The lowest BCUT2D eigenvalue weighted by Crippen LogP contribution is -3.00. The summed E-state index contributed by atoms with van der Waals surface area (Å²) < 4.78 is 6.70. The number of phenolic OH excluding ortho intramolecular Hbond substituents is 1. The SMILES string of the molecule is C[N+](C)(COC1CCCC1)Cc1cc(N=Nc2ccc(Cl)cc2)ccc1O.[Cl-]. The zero-order chi connectivity index (χ0) is 19.3. The number of hydrogen-bond donors (Lipinski definition) is 1. The molecule has 7 heteroatoms. The quantitative estimate of drug-likeness (QED) is 0.422. The van der Waals surface area contributed by atoms with Crippen LogP contribution in [-0.2, 0) is 11.3 Å². The lowest BCUT2D eigenvalue weighted by atomic mass is 10.1. The average molecular weight is 424 g/mol. The van der Waals surface area contributed by atoms with Crippen molar-refractivity contribution in [2.75, 3.05) is 20.8 Å². The molecule has 152 valence electrons. The first-order valence-electron chi connectivity index (χ1n) is 9.34. The van der Waals surface area contributed by atoms with Crippen molar-refractivity contribution < 1.29 is 26.7 Å². The van der Waals surface area contributed by atoms with Crippen molar-refractivity contribution in [2.24, 2.45) is 10.2 Å². The van der Waals surface area contributed by atoms with E-state index >= 15 is 0 Å². The number of aromatic hydroxyl groups is 1. The Balaban J connectivity index is 0.00000280. The summed E-state index contributed by atoms with van der Waals surface area (Å²) in [6.45, 7) is 1.28. The van der Waals surface area contributed by atoms with Crippen molar-refractivity contribution in [1.82, 2.24) is 0 Å². The largest absolute Gasteiger partial charge is 1.00 e. The minimum atomic E-state index is 0. The van der Waals surface area contributed by atoms with Crippen molar-refractivity contribution >= 4 is 23.0 Å². The molecule has 1 saturated carbocycles. The molecular weight excluding hydrogens is 397 g/mol. The van der Waals surface area contributed by atoms with Crippen LogP contribution in [0.4, 0.5) is 11.4 Å². The number of halogens is 2. The Hall–Kier alpha value is -1.66. The molecule has 1 fully saturated rings. The van der Waals surface area contributed by atoms with E-state index < -0.39 is 0 Å². The Morgan fingerprint density at radius 1 is 1.04 bits per heavy atom. The Labute approximate surface area is 178 Å². The van der Waals surface area contributed by atoms with E-state index in [4.69, 9.17) is 16.3 Å². The fourth-order valence-electron chi connectivity index (χ4n) is 3.25. The van der Waals surface area contributed by atoms with Crippen LogP contribution in [0, 0.1) is 0 Å². The molecule has 1 N–H and O–H groups in total. The van der Waals surface area contributed by atoms with Crippen LogP contribution < -0.4 is 12.4 Å². The van der Waals surface area contributed by atoms with Gasteiger partial charge in [0.15, 0.2) is 6.73 Å². The number of hydrogen-bond acceptors (Lipinski definition) is 4. The molecule has 3 rings (SSSR count). The van der Waals surface area contributed by atoms with Crippen LogP contribution >= 0.6 is 11.6 Å². The zero-order valence-corrected chi connectivity index (χ0v) is 17.8. The van der Waals surface area contributed by atoms with E-state index in [-0.39, 0.29) is 18.2 Å². The molecular formula is C21H27Cl2N3O2. The number of rotatable bonds is 7. The smallest absolute Gasteiger partial charge is 0.183 e. The molecule has 0 radical (unpaired) electrons. The Bertz CT molecular complexity index is 789. The summed E-state index contributed by atoms with van der Waals surface area (Å²) in [7, 11) is 4.21. The maximum Gasteiger partial charge on any atom is 0.183 e. The second-order valence-electron chi connectivity index (χ2n) is 7.79. The standard InChI is InChI=1S/C21H26ClN3O2.ClH/c1-25(2,15-27-20-5-3-4-6-20)14-16-13-19(11-12-21(16)26)24-23-18-9-7-17(22)8-10-18;/h7-13,20H,3-6,14-15H2,1-2H3;1H. The number of quaternary nitrogens is 1. The van der Waals surface area contributed by atoms with E-state index in [2.05, 4.69) is 24.3 Å². The van der Waals surface area contributed by atoms with E-state index in [0.717, 1.165) is 24.1 Å². The Morgan fingerprint density at radius 2 is 1.64 bits per heavy atom. The fourth-order valence-corrected chi connectivity index (χ4v) is 3.38. The summed E-state index contributed by atoms with van der Waals surface area (Å²) in [5.74, 6) is 0.271. The second kappa shape index (κ2) is 10.2. The normalized spacial score (nSPS) is 15.1. The van der Waals surface area contributed by atoms with Crippen LogP contribution in [0.1, 0.15) is 31.2 Å². The Morgan fingerprint density at radius 3 is 2.32 bits per heavy atom. The minimum Gasteiger partial charge on any atom is -1.00 e. The average Bonchev–Trinajstić information content (AvgIpc) is 3.16. The maximum atomic E-state index is 10.3. The van der Waals surface area contributed by atoms with Crippen LogP contribution in [0.2, 0.25) is 5.02 Å². The van der Waals surface area contributed by atoms with Gasteiger partial charge in [0, 0.05) is 5.02 Å². The number of benzene rings is 2. The molecule has 0 atom stereocenters. The number of ether oxygens (including phenoxy) is 1. The van der Waals surface area contributed by atoms with Crippen LogP contribution in [0.25, 0.3) is 0 Å². The van der Waals surface area contributed by atoms with Crippen molar-refractivity contribution in [1.29, 1.82) is 0 Å². The maximum absolute atomic E-state index is 10.3. The summed E-state index contributed by atoms with van der Waals surface area (Å²) in [5, 5.41) is 19.4. The molecule has 2 aromatic rings. The number of phenols is 1. The number of nitrogens with zero attached hydrogens (tertiary/aromatic N) is 3. The molecule has 28 heavy (non-hydrogen) atoms. The van der Waals surface area contributed by atoms with E-state index in [1.54, 1.807) is 24.3 Å². The molecule has 0 bridgehead atoms. The zero-order valence-electron chi connectivity index (χ0n) is 16.3. The van der Waals surface area contributed by atoms with Crippen LogP contribution in [-0.4, -0.2) is 36.5 Å². The summed E-state index contributed by atoms with van der Waals surface area (Å²) in [4.78, 5) is 0. The highest BCUT2D eigenvalue weighted by Crippen LogP contribution is 2.28. The molecule has 0 aliphatic heterocycles. The number of azo groups is 1. The van der Waals surface area contributed by atoms with Gasteiger partial charge >= 0.3 is 0 Å². The predicted molar refractivity (Wildman–Crippen MR) is 108 cm³/mol. The molecule has 1 aliphatic rings. The first-order valence-corrected chi connectivity index (χ1v) is 9.72. The molecule has 1 aliphatic carbocycles. The van der Waals surface area contributed by atoms with Crippen molar-refractivity contribution in [3.63, 3.8) is 0 Å². The van der Waals surface area contributed by atoms with Gasteiger partial charge in [-0.15, -0.1) is 0 Å². The lowest BCUT2D eigenvalue weighted by Gasteiger charge is -2.30. The molecule has 2 aromatic carbocycles. The molecule has 0 spiro atoms. The van der Waals surface area contributed by atoms with Crippen molar-refractivity contribution in [3.05, 3.63) is 53.1 Å². The highest BCUT2D eigenvalue weighted by Gasteiger charge is 2.23. The van der Waals surface area contributed by atoms with E-state index in [0.29, 0.717) is 34.6 Å². The van der Waals surface area contributed by atoms with Crippen molar-refractivity contribution in [3.8, 4) is 5.75 Å². The second-order valence-corrected chi connectivity index (χ2v) is 8.22. The molecule has 5 nitrogen and oxygen atoms in total. The minimum absolute atomic E-state index is 0. The molecule has 0 aromatic heterocycles. The van der Waals surface area contributed by atoms with Gasteiger partial charge in [0.1, 0.15) is 12.3 Å². The van der Waals surface area contributed by atoms with E-state index in [9.17, 15) is 5.11 Å². The van der Waals surface area contributed by atoms with E-state index in [1.807, 2.05) is 18.2 Å². The summed E-state index contributed by atoms with van der Waals surface area (Å²) >= 11 is 5.88. The summed E-state index contributed by atoms with van der Waals surface area (Å²) in [6, 6.07) is 12.5. The first kappa shape index (κ1) is 22.6. The Kier molecular flexibility index (Phi) is 8.25. The van der Waals surface area contributed by atoms with E-state index in [1.165, 1.54) is 12.8 Å². The highest BCUT2D eigenvalue weighted by atomic mass is 35.5. The molecule has 0 heterocycles. The third kappa shape index (κ3) is 6.74. The molecule has 0 amide bonds. The van der Waals surface area contributed by atoms with Gasteiger partial charge in [0.05, 0.1) is 37.1 Å². The van der Waals surface area contributed by atoms with Crippen LogP contribution in [0.3, 0.4) is 0 Å². The van der Waals surface area contributed by atoms with Gasteiger partial charge in [-0.25, -0.2) is 0 Å². The van der Waals surface area contributed by atoms with Crippen LogP contribution in [0.5, 0.6) is 5.75 Å². The van der Waals surface area contributed by atoms with Gasteiger partial charge in [-0.1, -0.05) is 24.4 Å². The lowest BCUT2D eigenvalue weighted by molar-refractivity contribution is -0.923. The van der Waals surface area contributed by atoms with Gasteiger partial charge in [-0.2, -0.15) is 10.2 Å². The first-order chi connectivity index (χ1) is 12.9. The van der Waals surface area contributed by atoms with Gasteiger partial charge in [-0.05, 0) is 55.3 Å². The summed E-state index contributed by atoms with van der Waals surface area (Å²) in [5.41, 5.74) is 2.27. The topological polar surface area (TPSA) is 54.2 Å². The van der Waals surface area contributed by atoms with Gasteiger partial charge in [-0.3, -0.25) is 0 Å².